The normalized spacial score (nSPS) is 22.0. The van der Waals surface area contributed by atoms with Gasteiger partial charge in [-0.25, -0.2) is 13.6 Å². The van der Waals surface area contributed by atoms with Crippen LogP contribution in [0.3, 0.4) is 0 Å². The predicted octanol–water partition coefficient (Wildman–Crippen LogP) is 9.24. The number of alkyl halides is 1. The molecule has 4 aliphatic rings. The first-order chi connectivity index (χ1) is 31.9. The van der Waals surface area contributed by atoms with Crippen LogP contribution in [-0.4, -0.2) is 118 Å². The van der Waals surface area contributed by atoms with Crippen LogP contribution in [0.15, 0.2) is 66.9 Å². The molecule has 10 rings (SSSR count). The lowest BCUT2D eigenvalue weighted by Gasteiger charge is -2.42. The maximum Gasteiger partial charge on any atom is 0.410 e. The van der Waals surface area contributed by atoms with Crippen LogP contribution in [-0.2, 0) is 33.8 Å². The Morgan fingerprint density at radius 2 is 1.76 bits per heavy atom. The fourth-order valence-corrected chi connectivity index (χ4v) is 10.9. The lowest BCUT2D eigenvalue weighted by atomic mass is 9.91. The number of hydrogen-bond donors (Lipinski definition) is 0. The van der Waals surface area contributed by atoms with Gasteiger partial charge in [0.25, 0.3) is 0 Å². The summed E-state index contributed by atoms with van der Waals surface area (Å²) in [6, 6.07) is 19.2. The number of halogens is 2. The summed E-state index contributed by atoms with van der Waals surface area (Å²) in [5.41, 5.74) is 3.37. The van der Waals surface area contributed by atoms with Gasteiger partial charge in [0.1, 0.15) is 41.3 Å². The fourth-order valence-electron chi connectivity index (χ4n) is 10.9. The highest BCUT2D eigenvalue weighted by Gasteiger charge is 2.50. The zero-order valence-electron chi connectivity index (χ0n) is 38.5. The largest absolute Gasteiger partial charge is 0.468 e. The highest BCUT2D eigenvalue weighted by Crippen LogP contribution is 2.45. The van der Waals surface area contributed by atoms with Crippen LogP contribution < -0.4 is 14.4 Å². The molecule has 0 radical (unpaired) electrons. The maximum atomic E-state index is 15.9. The standard InChI is InChI=1S/C51H59F2N7O6/c1-6-38-42(53)16-13-33-21-37(65-31-62-5)22-39(44(33)38)40-23-43-45(41-28-59(56-46(40)41)19-20-63-29-32-11-8-7-9-12-32)47(55-48(54-43)64-30-51-17-10-18-58(51)25-34(52)24-51)57-26-35-14-15-36(27-57)60(35)49(61)66-50(2,3)4/h7-9,11-13,16,21-23,28,34-36H,6,10,14-15,17-20,24-27,29-31H2,1-5H3/t34-,35-,36+,51+/m1/s1. The summed E-state index contributed by atoms with van der Waals surface area (Å²) in [5, 5.41) is 8.43. The number of carbonyl (C=O) groups is 1. The van der Waals surface area contributed by atoms with E-state index in [-0.39, 0.29) is 43.4 Å². The number of methoxy groups -OCH3 is 1. The summed E-state index contributed by atoms with van der Waals surface area (Å²) in [5.74, 6) is 0.937. The van der Waals surface area contributed by atoms with E-state index in [1.807, 2.05) is 92.0 Å². The Hall–Kier alpha value is -5.64. The van der Waals surface area contributed by atoms with Gasteiger partial charge in [0.2, 0.25) is 0 Å². The molecule has 348 valence electrons. The van der Waals surface area contributed by atoms with Gasteiger partial charge >= 0.3 is 12.1 Å². The molecule has 4 aliphatic heterocycles. The minimum Gasteiger partial charge on any atom is -0.468 e. The second-order valence-corrected chi connectivity index (χ2v) is 19.4. The van der Waals surface area contributed by atoms with Crippen LogP contribution in [0.2, 0.25) is 0 Å². The summed E-state index contributed by atoms with van der Waals surface area (Å²) < 4.78 is 62.8. The highest BCUT2D eigenvalue weighted by atomic mass is 19.1. The van der Waals surface area contributed by atoms with Crippen LogP contribution in [0.4, 0.5) is 19.4 Å². The van der Waals surface area contributed by atoms with Gasteiger partial charge < -0.3 is 28.6 Å². The number of aromatic nitrogens is 4. The highest BCUT2D eigenvalue weighted by molar-refractivity contribution is 6.17. The first kappa shape index (κ1) is 44.2. The minimum atomic E-state index is -0.911. The van der Waals surface area contributed by atoms with Crippen LogP contribution in [0.1, 0.15) is 70.9 Å². The van der Waals surface area contributed by atoms with E-state index >= 15 is 4.39 Å². The third-order valence-corrected chi connectivity index (χ3v) is 13.8. The molecule has 4 saturated heterocycles. The van der Waals surface area contributed by atoms with Crippen molar-refractivity contribution in [3.63, 3.8) is 0 Å². The molecule has 2 bridgehead atoms. The van der Waals surface area contributed by atoms with Crippen molar-refractivity contribution in [1.82, 2.24) is 29.5 Å². The zero-order valence-corrected chi connectivity index (χ0v) is 38.5. The lowest BCUT2D eigenvalue weighted by Crippen LogP contribution is -2.57. The third-order valence-electron chi connectivity index (χ3n) is 13.8. The van der Waals surface area contributed by atoms with E-state index in [2.05, 4.69) is 9.80 Å². The topological polar surface area (TPSA) is 117 Å². The number of amides is 1. The van der Waals surface area contributed by atoms with Gasteiger partial charge in [-0.2, -0.15) is 15.1 Å². The number of carbonyl (C=O) groups excluding carboxylic acids is 1. The Bertz CT molecular complexity index is 2750. The molecular formula is C51H59F2N7O6. The average molecular weight is 904 g/mol. The molecule has 6 aromatic rings. The van der Waals surface area contributed by atoms with Gasteiger partial charge in [0.15, 0.2) is 6.79 Å². The molecule has 4 atom stereocenters. The minimum absolute atomic E-state index is 0.0278. The maximum absolute atomic E-state index is 15.9. The molecule has 0 spiro atoms. The number of rotatable bonds is 14. The second-order valence-electron chi connectivity index (χ2n) is 19.4. The monoisotopic (exact) mass is 903 g/mol. The number of benzene rings is 4. The van der Waals surface area contributed by atoms with Gasteiger partial charge in [0.05, 0.1) is 48.3 Å². The summed E-state index contributed by atoms with van der Waals surface area (Å²) in [6.45, 7) is 11.5. The molecular weight excluding hydrogens is 845 g/mol. The lowest BCUT2D eigenvalue weighted by molar-refractivity contribution is 0.0122. The number of piperazine rings is 1. The van der Waals surface area contributed by atoms with Crippen molar-refractivity contribution in [2.24, 2.45) is 0 Å². The van der Waals surface area contributed by atoms with Crippen molar-refractivity contribution in [2.45, 2.75) is 109 Å². The summed E-state index contributed by atoms with van der Waals surface area (Å²) >= 11 is 0. The Labute approximate surface area is 383 Å². The second kappa shape index (κ2) is 17.9. The molecule has 4 aromatic carbocycles. The van der Waals surface area contributed by atoms with Crippen LogP contribution in [0.25, 0.3) is 43.7 Å². The molecule has 0 saturated carbocycles. The van der Waals surface area contributed by atoms with E-state index in [9.17, 15) is 9.18 Å². The third kappa shape index (κ3) is 8.49. The van der Waals surface area contributed by atoms with Gasteiger partial charge in [-0.15, -0.1) is 0 Å². The van der Waals surface area contributed by atoms with Crippen molar-refractivity contribution in [1.29, 1.82) is 0 Å². The molecule has 13 nitrogen and oxygen atoms in total. The molecule has 0 N–H and O–H groups in total. The molecule has 0 unspecified atom stereocenters. The van der Waals surface area contributed by atoms with E-state index in [4.69, 9.17) is 38.8 Å². The van der Waals surface area contributed by atoms with Crippen LogP contribution >= 0.6 is 0 Å². The summed E-state index contributed by atoms with van der Waals surface area (Å²) in [4.78, 5) is 30.5. The SMILES string of the molecule is CCc1c(F)ccc2cc(OCOC)cc(-c3cc4nc(OC[C@@]56CCCN5C[C@H](F)C6)nc(N5C[C@H]6CC[C@@H](C5)N6C(=O)OC(C)(C)C)c4c4cn(CCOCc5ccccc5)nc34)c12. The number of fused-ring (bicyclic) bond motifs is 7. The van der Waals surface area contributed by atoms with E-state index in [0.29, 0.717) is 80.4 Å². The summed E-state index contributed by atoms with van der Waals surface area (Å²) in [7, 11) is 1.57. The van der Waals surface area contributed by atoms with Gasteiger partial charge in [-0.05, 0) is 111 Å². The fraction of sp³-hybridized carbons (Fsp3) is 0.490. The number of ether oxygens (including phenoxy) is 5. The Balaban J connectivity index is 1.14. The smallest absolute Gasteiger partial charge is 0.410 e. The van der Waals surface area contributed by atoms with Gasteiger partial charge in [-0.3, -0.25) is 14.5 Å². The molecule has 15 heteroatoms. The van der Waals surface area contributed by atoms with Gasteiger partial charge in [-0.1, -0.05) is 43.3 Å². The summed E-state index contributed by atoms with van der Waals surface area (Å²) in [6.07, 6.45) is 5.17. The molecule has 0 aliphatic carbocycles. The van der Waals surface area contributed by atoms with Crippen LogP contribution in [0, 0.1) is 5.82 Å². The Morgan fingerprint density at radius 3 is 2.52 bits per heavy atom. The first-order valence-electron chi connectivity index (χ1n) is 23.4. The van der Waals surface area contributed by atoms with E-state index < -0.39 is 17.3 Å². The van der Waals surface area contributed by atoms with E-state index in [0.717, 1.165) is 70.5 Å². The van der Waals surface area contributed by atoms with Crippen molar-refractivity contribution in [3.8, 4) is 22.9 Å². The molecule has 1 amide bonds. The van der Waals surface area contributed by atoms with E-state index in [1.165, 1.54) is 6.07 Å². The molecule has 4 fully saturated rings. The van der Waals surface area contributed by atoms with Crippen molar-refractivity contribution in [3.05, 3.63) is 83.8 Å². The Kier molecular flexibility index (Phi) is 12.0. The average Bonchev–Trinajstić information content (AvgIpc) is 4.05. The zero-order chi connectivity index (χ0) is 45.7. The number of nitrogens with zero attached hydrogens (tertiary/aromatic N) is 7. The molecule has 66 heavy (non-hydrogen) atoms. The molecule has 2 aromatic heterocycles. The van der Waals surface area contributed by atoms with Crippen molar-refractivity contribution >= 4 is 44.5 Å². The predicted molar refractivity (Wildman–Crippen MR) is 249 cm³/mol. The number of aryl methyl sites for hydroxylation is 1. The number of hydrogen-bond acceptors (Lipinski definition) is 11. The first-order valence-corrected chi connectivity index (χ1v) is 23.4. The molecule has 6 heterocycles. The van der Waals surface area contributed by atoms with Crippen LogP contribution in [0.5, 0.6) is 11.8 Å². The van der Waals surface area contributed by atoms with Crippen molar-refractivity contribution < 1.29 is 37.3 Å². The Morgan fingerprint density at radius 1 is 0.955 bits per heavy atom. The van der Waals surface area contributed by atoms with Crippen molar-refractivity contribution in [2.75, 3.05) is 58.2 Å². The van der Waals surface area contributed by atoms with Gasteiger partial charge in [0, 0.05) is 50.3 Å². The quantitative estimate of drug-likeness (QED) is 0.0770. The van der Waals surface area contributed by atoms with E-state index in [1.54, 1.807) is 13.2 Å². The number of anilines is 1.